The van der Waals surface area contributed by atoms with Gasteiger partial charge in [0.15, 0.2) is 0 Å². The second kappa shape index (κ2) is 9.11. The molecule has 0 saturated carbocycles. The molecule has 1 aromatic heterocycles. The van der Waals surface area contributed by atoms with Crippen molar-refractivity contribution in [2.75, 3.05) is 25.4 Å². The van der Waals surface area contributed by atoms with E-state index < -0.39 is 0 Å². The normalized spacial score (nSPS) is 13.9. The smallest absolute Gasteiger partial charge is 0.255 e. The minimum atomic E-state index is 0.0953. The van der Waals surface area contributed by atoms with E-state index in [4.69, 9.17) is 16.3 Å². The highest BCUT2D eigenvalue weighted by Gasteiger charge is 2.19. The highest BCUT2D eigenvalue weighted by atomic mass is 35.5. The molecule has 4 nitrogen and oxygen atoms in total. The quantitative estimate of drug-likeness (QED) is 0.526. The van der Waals surface area contributed by atoms with E-state index in [0.717, 1.165) is 48.9 Å². The molecule has 3 rings (SSSR count). The van der Waals surface area contributed by atoms with Crippen molar-refractivity contribution < 1.29 is 9.53 Å². The Hall–Kier alpha value is -1.72. The molecule has 1 fully saturated rings. The minimum Gasteiger partial charge on any atom is -0.494 e. The van der Waals surface area contributed by atoms with Crippen molar-refractivity contribution in [3.63, 3.8) is 0 Å². The van der Waals surface area contributed by atoms with Crippen LogP contribution in [0.4, 0.5) is 0 Å². The molecule has 1 aromatic carbocycles. The lowest BCUT2D eigenvalue weighted by Gasteiger charge is -2.14. The van der Waals surface area contributed by atoms with Crippen molar-refractivity contribution in [2.45, 2.75) is 24.3 Å². The van der Waals surface area contributed by atoms with Gasteiger partial charge in [-0.25, -0.2) is 4.98 Å². The van der Waals surface area contributed by atoms with Crippen LogP contribution < -0.4 is 4.74 Å². The summed E-state index contributed by atoms with van der Waals surface area (Å²) in [5.41, 5.74) is 0.678. The summed E-state index contributed by atoms with van der Waals surface area (Å²) < 4.78 is 5.66. The Morgan fingerprint density at radius 3 is 2.60 bits per heavy atom. The Kier molecular flexibility index (Phi) is 6.59. The van der Waals surface area contributed by atoms with Crippen LogP contribution in [0.2, 0.25) is 5.02 Å². The van der Waals surface area contributed by atoms with Gasteiger partial charge in [0.1, 0.15) is 5.75 Å². The van der Waals surface area contributed by atoms with Gasteiger partial charge in [-0.3, -0.25) is 4.79 Å². The Balaban J connectivity index is 1.38. The molecule has 6 heteroatoms. The maximum Gasteiger partial charge on any atom is 0.255 e. The number of rotatable bonds is 7. The molecule has 0 radical (unpaired) electrons. The fourth-order valence-electron chi connectivity index (χ4n) is 2.65. The zero-order valence-corrected chi connectivity index (χ0v) is 15.6. The molecule has 0 bridgehead atoms. The maximum absolute atomic E-state index is 12.3. The Morgan fingerprint density at radius 2 is 1.92 bits per heavy atom. The standard InChI is InChI=1S/C19H21ClN2O2S/c20-16-5-7-17(8-6-16)24-12-3-13-25-18-9-4-15(14-21-18)19(23)22-10-1-2-11-22/h4-9,14H,1-3,10-13H2. The van der Waals surface area contributed by atoms with Gasteiger partial charge < -0.3 is 9.64 Å². The average molecular weight is 377 g/mol. The van der Waals surface area contributed by atoms with Gasteiger partial charge in [-0.15, -0.1) is 11.8 Å². The number of likely N-dealkylation sites (tertiary alicyclic amines) is 1. The van der Waals surface area contributed by atoms with Gasteiger partial charge in [-0.05, 0) is 55.7 Å². The number of thioether (sulfide) groups is 1. The Bertz CT molecular complexity index is 686. The first-order valence-corrected chi connectivity index (χ1v) is 9.85. The summed E-state index contributed by atoms with van der Waals surface area (Å²) in [6, 6.07) is 11.2. The first-order valence-electron chi connectivity index (χ1n) is 8.49. The SMILES string of the molecule is O=C(c1ccc(SCCCOc2ccc(Cl)cc2)nc1)N1CCCC1. The highest BCUT2D eigenvalue weighted by Crippen LogP contribution is 2.19. The minimum absolute atomic E-state index is 0.0953. The largest absolute Gasteiger partial charge is 0.494 e. The molecule has 0 aliphatic carbocycles. The molecule has 1 aliphatic rings. The van der Waals surface area contributed by atoms with Gasteiger partial charge in [0.2, 0.25) is 0 Å². The summed E-state index contributed by atoms with van der Waals surface area (Å²) in [6.45, 7) is 2.38. The van der Waals surface area contributed by atoms with E-state index in [2.05, 4.69) is 4.98 Å². The van der Waals surface area contributed by atoms with E-state index in [1.54, 1.807) is 18.0 Å². The Morgan fingerprint density at radius 1 is 1.16 bits per heavy atom. The third-order valence-electron chi connectivity index (χ3n) is 4.00. The predicted molar refractivity (Wildman–Crippen MR) is 102 cm³/mol. The fourth-order valence-corrected chi connectivity index (χ4v) is 3.54. The summed E-state index contributed by atoms with van der Waals surface area (Å²) in [6.07, 6.45) is 4.81. The van der Waals surface area contributed by atoms with Crippen LogP contribution in [-0.4, -0.2) is 41.2 Å². The first kappa shape index (κ1) is 18.1. The van der Waals surface area contributed by atoms with E-state index in [-0.39, 0.29) is 5.91 Å². The lowest BCUT2D eigenvalue weighted by molar-refractivity contribution is 0.0792. The summed E-state index contributed by atoms with van der Waals surface area (Å²) in [4.78, 5) is 18.6. The van der Waals surface area contributed by atoms with Crippen molar-refractivity contribution in [1.82, 2.24) is 9.88 Å². The predicted octanol–water partition coefficient (Wildman–Crippen LogP) is 4.53. The molecular weight excluding hydrogens is 356 g/mol. The lowest BCUT2D eigenvalue weighted by atomic mass is 10.2. The number of benzene rings is 1. The number of pyridine rings is 1. The molecule has 0 unspecified atom stereocenters. The van der Waals surface area contributed by atoms with Crippen LogP contribution in [0.5, 0.6) is 5.75 Å². The first-order chi connectivity index (χ1) is 12.2. The van der Waals surface area contributed by atoms with Crippen LogP contribution in [0.3, 0.4) is 0 Å². The van der Waals surface area contributed by atoms with Gasteiger partial charge in [0.25, 0.3) is 5.91 Å². The fraction of sp³-hybridized carbons (Fsp3) is 0.368. The summed E-state index contributed by atoms with van der Waals surface area (Å²) in [7, 11) is 0. The van der Waals surface area contributed by atoms with Crippen LogP contribution in [0.25, 0.3) is 0 Å². The van der Waals surface area contributed by atoms with Crippen LogP contribution in [0.15, 0.2) is 47.6 Å². The molecular formula is C19H21ClN2O2S. The zero-order chi connectivity index (χ0) is 17.5. The van der Waals surface area contributed by atoms with Gasteiger partial charge in [-0.2, -0.15) is 0 Å². The van der Waals surface area contributed by atoms with Crippen molar-refractivity contribution in [3.05, 3.63) is 53.2 Å². The molecule has 0 atom stereocenters. The molecule has 0 spiro atoms. The van der Waals surface area contributed by atoms with Gasteiger partial charge in [0, 0.05) is 30.1 Å². The summed E-state index contributed by atoms with van der Waals surface area (Å²) >= 11 is 7.51. The van der Waals surface area contributed by atoms with E-state index in [1.165, 1.54) is 0 Å². The molecule has 1 saturated heterocycles. The molecule has 1 aliphatic heterocycles. The molecule has 2 aromatic rings. The topological polar surface area (TPSA) is 42.4 Å². The summed E-state index contributed by atoms with van der Waals surface area (Å²) in [5.74, 6) is 1.84. The average Bonchev–Trinajstić information content (AvgIpc) is 3.18. The molecule has 132 valence electrons. The van der Waals surface area contributed by atoms with Crippen molar-refractivity contribution in [3.8, 4) is 5.75 Å². The lowest BCUT2D eigenvalue weighted by Crippen LogP contribution is -2.27. The number of carbonyl (C=O) groups excluding carboxylic acids is 1. The third-order valence-corrected chi connectivity index (χ3v) is 5.28. The van der Waals surface area contributed by atoms with Crippen LogP contribution in [0, 0.1) is 0 Å². The second-order valence-corrected chi connectivity index (χ2v) is 7.44. The van der Waals surface area contributed by atoms with Gasteiger partial charge >= 0.3 is 0 Å². The molecule has 0 N–H and O–H groups in total. The van der Waals surface area contributed by atoms with E-state index >= 15 is 0 Å². The molecule has 1 amide bonds. The number of amides is 1. The van der Waals surface area contributed by atoms with Crippen LogP contribution in [-0.2, 0) is 0 Å². The van der Waals surface area contributed by atoms with Gasteiger partial charge in [-0.1, -0.05) is 11.6 Å². The van der Waals surface area contributed by atoms with Gasteiger partial charge in [0.05, 0.1) is 17.2 Å². The van der Waals surface area contributed by atoms with Crippen LogP contribution in [0.1, 0.15) is 29.6 Å². The second-order valence-electron chi connectivity index (χ2n) is 5.89. The van der Waals surface area contributed by atoms with Crippen LogP contribution >= 0.6 is 23.4 Å². The highest BCUT2D eigenvalue weighted by molar-refractivity contribution is 7.99. The Labute approximate surface area is 157 Å². The number of carbonyl (C=O) groups is 1. The molecule has 2 heterocycles. The zero-order valence-electron chi connectivity index (χ0n) is 14.0. The van der Waals surface area contributed by atoms with Crippen molar-refractivity contribution in [2.24, 2.45) is 0 Å². The maximum atomic E-state index is 12.3. The number of hydrogen-bond donors (Lipinski definition) is 0. The third kappa shape index (κ3) is 5.38. The number of hydrogen-bond acceptors (Lipinski definition) is 4. The van der Waals surface area contributed by atoms with Crippen molar-refractivity contribution in [1.29, 1.82) is 0 Å². The van der Waals surface area contributed by atoms with E-state index in [0.29, 0.717) is 17.2 Å². The number of aromatic nitrogens is 1. The number of halogens is 1. The number of nitrogens with zero attached hydrogens (tertiary/aromatic N) is 2. The summed E-state index contributed by atoms with van der Waals surface area (Å²) in [5, 5.41) is 1.64. The van der Waals surface area contributed by atoms with E-state index in [9.17, 15) is 4.79 Å². The molecule has 25 heavy (non-hydrogen) atoms. The van der Waals surface area contributed by atoms with Crippen molar-refractivity contribution >= 4 is 29.3 Å². The monoisotopic (exact) mass is 376 g/mol. The van der Waals surface area contributed by atoms with E-state index in [1.807, 2.05) is 41.3 Å². The number of ether oxygens (including phenoxy) is 1.